The predicted octanol–water partition coefficient (Wildman–Crippen LogP) is 0.0170. The zero-order chi connectivity index (χ0) is 7.68. The van der Waals surface area contributed by atoms with Crippen molar-refractivity contribution in [2.45, 2.75) is 37.8 Å². The van der Waals surface area contributed by atoms with Crippen molar-refractivity contribution >= 4 is 5.91 Å². The van der Waals surface area contributed by atoms with Crippen LogP contribution in [0.2, 0.25) is 0 Å². The van der Waals surface area contributed by atoms with Crippen molar-refractivity contribution in [1.82, 2.24) is 10.6 Å². The number of carbonyl (C=O) groups excluding carboxylic acids is 1. The number of rotatable bonds is 0. The molecule has 2 heterocycles. The largest absolute Gasteiger partial charge is 0.356 e. The van der Waals surface area contributed by atoms with Crippen molar-refractivity contribution in [3.05, 3.63) is 0 Å². The molecular weight excluding hydrogens is 140 g/mol. The van der Waals surface area contributed by atoms with Crippen LogP contribution in [-0.2, 0) is 4.79 Å². The lowest BCUT2D eigenvalue weighted by atomic mass is 10.1. The lowest BCUT2D eigenvalue weighted by Crippen LogP contribution is -2.40. The summed E-state index contributed by atoms with van der Waals surface area (Å²) in [5, 5.41) is 6.37. The Labute approximate surface area is 66.5 Å². The molecule has 0 aromatic carbocycles. The van der Waals surface area contributed by atoms with Gasteiger partial charge in [0.1, 0.15) is 0 Å². The van der Waals surface area contributed by atoms with E-state index in [2.05, 4.69) is 10.6 Å². The van der Waals surface area contributed by atoms with Crippen molar-refractivity contribution in [3.8, 4) is 0 Å². The molecule has 3 heteroatoms. The van der Waals surface area contributed by atoms with Gasteiger partial charge < -0.3 is 10.6 Å². The highest BCUT2D eigenvalue weighted by Gasteiger charge is 2.26. The van der Waals surface area contributed by atoms with Gasteiger partial charge in [-0.3, -0.25) is 4.79 Å². The van der Waals surface area contributed by atoms with Gasteiger partial charge in [-0.1, -0.05) is 0 Å². The monoisotopic (exact) mass is 154 g/mol. The van der Waals surface area contributed by atoms with E-state index in [1.807, 2.05) is 0 Å². The fraction of sp³-hybridized carbons (Fsp3) is 0.875. The molecule has 0 aromatic heterocycles. The first-order chi connectivity index (χ1) is 5.34. The van der Waals surface area contributed by atoms with E-state index in [1.165, 1.54) is 12.8 Å². The first-order valence-electron chi connectivity index (χ1n) is 4.37. The van der Waals surface area contributed by atoms with Crippen LogP contribution in [0.25, 0.3) is 0 Å². The normalized spacial score (nSPS) is 37.6. The Hall–Kier alpha value is -0.570. The summed E-state index contributed by atoms with van der Waals surface area (Å²) in [4.78, 5) is 11.1. The van der Waals surface area contributed by atoms with Gasteiger partial charge in [0.05, 0.1) is 0 Å². The minimum absolute atomic E-state index is 0.211. The highest BCUT2D eigenvalue weighted by atomic mass is 16.1. The molecule has 2 saturated heterocycles. The van der Waals surface area contributed by atoms with Gasteiger partial charge in [0.15, 0.2) is 0 Å². The quantitative estimate of drug-likeness (QED) is 0.516. The van der Waals surface area contributed by atoms with E-state index in [1.54, 1.807) is 0 Å². The van der Waals surface area contributed by atoms with Crippen LogP contribution in [0.4, 0.5) is 0 Å². The Morgan fingerprint density at radius 1 is 1.18 bits per heavy atom. The molecule has 1 amide bonds. The molecule has 62 valence electrons. The van der Waals surface area contributed by atoms with Gasteiger partial charge >= 0.3 is 0 Å². The van der Waals surface area contributed by atoms with Crippen molar-refractivity contribution < 1.29 is 4.79 Å². The van der Waals surface area contributed by atoms with Crippen molar-refractivity contribution in [1.29, 1.82) is 0 Å². The van der Waals surface area contributed by atoms with E-state index in [4.69, 9.17) is 0 Å². The molecule has 0 spiro atoms. The molecule has 2 bridgehead atoms. The maximum absolute atomic E-state index is 11.1. The zero-order valence-electron chi connectivity index (χ0n) is 6.60. The molecule has 0 radical (unpaired) electrons. The number of fused-ring (bicyclic) bond motifs is 2. The Balaban J connectivity index is 1.99. The average molecular weight is 154 g/mol. The summed E-state index contributed by atoms with van der Waals surface area (Å²) in [5.74, 6) is 0.211. The summed E-state index contributed by atoms with van der Waals surface area (Å²) >= 11 is 0. The van der Waals surface area contributed by atoms with Crippen LogP contribution in [-0.4, -0.2) is 24.5 Å². The third-order valence-corrected chi connectivity index (χ3v) is 2.58. The second-order valence-corrected chi connectivity index (χ2v) is 3.48. The van der Waals surface area contributed by atoms with Crippen LogP contribution in [0.5, 0.6) is 0 Å². The van der Waals surface area contributed by atoms with Gasteiger partial charge in [0.2, 0.25) is 5.91 Å². The Kier molecular flexibility index (Phi) is 1.82. The summed E-state index contributed by atoms with van der Waals surface area (Å²) in [5.41, 5.74) is 0. The summed E-state index contributed by atoms with van der Waals surface area (Å²) < 4.78 is 0. The average Bonchev–Trinajstić information content (AvgIpc) is 2.34. The first-order valence-corrected chi connectivity index (χ1v) is 4.37. The lowest BCUT2D eigenvalue weighted by Gasteiger charge is -2.18. The standard InChI is InChI=1S/C8H14N2O/c11-8-5-7-2-1-6(10-7)3-4-9-8/h6-7,10H,1-5H2,(H,9,11). The highest BCUT2D eigenvalue weighted by Crippen LogP contribution is 2.18. The number of hydrogen-bond acceptors (Lipinski definition) is 2. The SMILES string of the molecule is O=C1CC2CCC(CCN1)N2. The van der Waals surface area contributed by atoms with E-state index in [0.29, 0.717) is 18.5 Å². The highest BCUT2D eigenvalue weighted by molar-refractivity contribution is 5.76. The topological polar surface area (TPSA) is 41.1 Å². The summed E-state index contributed by atoms with van der Waals surface area (Å²) in [6, 6.07) is 1.13. The second kappa shape index (κ2) is 2.81. The fourth-order valence-electron chi connectivity index (χ4n) is 1.97. The number of hydrogen-bond donors (Lipinski definition) is 2. The van der Waals surface area contributed by atoms with E-state index in [-0.39, 0.29) is 5.91 Å². The number of amides is 1. The molecule has 11 heavy (non-hydrogen) atoms. The Morgan fingerprint density at radius 3 is 2.91 bits per heavy atom. The summed E-state index contributed by atoms with van der Waals surface area (Å²) in [6.07, 6.45) is 4.20. The van der Waals surface area contributed by atoms with Crippen molar-refractivity contribution in [2.75, 3.05) is 6.54 Å². The van der Waals surface area contributed by atoms with Crippen molar-refractivity contribution in [3.63, 3.8) is 0 Å². The van der Waals surface area contributed by atoms with Crippen LogP contribution in [0.3, 0.4) is 0 Å². The summed E-state index contributed by atoms with van der Waals surface area (Å²) in [7, 11) is 0. The van der Waals surface area contributed by atoms with E-state index in [9.17, 15) is 4.79 Å². The van der Waals surface area contributed by atoms with Crippen LogP contribution >= 0.6 is 0 Å². The van der Waals surface area contributed by atoms with E-state index in [0.717, 1.165) is 13.0 Å². The lowest BCUT2D eigenvalue weighted by molar-refractivity contribution is -0.121. The third kappa shape index (κ3) is 1.53. The molecule has 2 aliphatic rings. The molecule has 2 N–H and O–H groups in total. The molecule has 3 nitrogen and oxygen atoms in total. The first kappa shape index (κ1) is 7.10. The third-order valence-electron chi connectivity index (χ3n) is 2.58. The van der Waals surface area contributed by atoms with Gasteiger partial charge in [-0.2, -0.15) is 0 Å². The molecule has 2 unspecified atom stereocenters. The van der Waals surface area contributed by atoms with Gasteiger partial charge in [-0.05, 0) is 19.3 Å². The Morgan fingerprint density at radius 2 is 2.00 bits per heavy atom. The molecule has 0 aromatic rings. The molecule has 0 aliphatic carbocycles. The maximum Gasteiger partial charge on any atom is 0.221 e. The minimum atomic E-state index is 0.211. The van der Waals surface area contributed by atoms with Gasteiger partial charge in [0.25, 0.3) is 0 Å². The fourth-order valence-corrected chi connectivity index (χ4v) is 1.97. The molecule has 0 saturated carbocycles. The van der Waals surface area contributed by atoms with Crippen molar-refractivity contribution in [2.24, 2.45) is 0 Å². The molecule has 2 fully saturated rings. The van der Waals surface area contributed by atoms with E-state index < -0.39 is 0 Å². The number of carbonyl (C=O) groups is 1. The van der Waals surface area contributed by atoms with Crippen LogP contribution in [0.1, 0.15) is 25.7 Å². The number of nitrogens with one attached hydrogen (secondary N) is 2. The van der Waals surface area contributed by atoms with Crippen LogP contribution < -0.4 is 10.6 Å². The van der Waals surface area contributed by atoms with Crippen LogP contribution in [0.15, 0.2) is 0 Å². The van der Waals surface area contributed by atoms with E-state index >= 15 is 0 Å². The van der Waals surface area contributed by atoms with Gasteiger partial charge in [0, 0.05) is 25.0 Å². The summed E-state index contributed by atoms with van der Waals surface area (Å²) in [6.45, 7) is 0.850. The minimum Gasteiger partial charge on any atom is -0.356 e. The second-order valence-electron chi connectivity index (χ2n) is 3.48. The maximum atomic E-state index is 11.1. The van der Waals surface area contributed by atoms with Gasteiger partial charge in [-0.15, -0.1) is 0 Å². The Bertz CT molecular complexity index is 169. The molecular formula is C8H14N2O. The zero-order valence-corrected chi connectivity index (χ0v) is 6.60. The van der Waals surface area contributed by atoms with Gasteiger partial charge in [-0.25, -0.2) is 0 Å². The molecule has 2 atom stereocenters. The smallest absolute Gasteiger partial charge is 0.221 e. The predicted molar refractivity (Wildman–Crippen MR) is 42.2 cm³/mol. The molecule has 2 rings (SSSR count). The molecule has 2 aliphatic heterocycles. The van der Waals surface area contributed by atoms with Crippen LogP contribution in [0, 0.1) is 0 Å².